The van der Waals surface area contributed by atoms with Gasteiger partial charge in [-0.15, -0.1) is 0 Å². The van der Waals surface area contributed by atoms with Crippen LogP contribution in [0.5, 0.6) is 0 Å². The molecule has 1 aromatic heterocycles. The summed E-state index contributed by atoms with van der Waals surface area (Å²) in [4.78, 5) is 24.7. The highest BCUT2D eigenvalue weighted by Gasteiger charge is 2.27. The topological polar surface area (TPSA) is 67.2 Å². The lowest BCUT2D eigenvalue weighted by Crippen LogP contribution is -2.51. The van der Waals surface area contributed by atoms with Crippen molar-refractivity contribution in [2.45, 2.75) is 26.9 Å². The van der Waals surface area contributed by atoms with Gasteiger partial charge in [-0.1, -0.05) is 0 Å². The average molecular weight is 315 g/mol. The molecule has 0 aliphatic carbocycles. The van der Waals surface area contributed by atoms with Crippen LogP contribution >= 0.6 is 15.9 Å². The molecule has 0 aromatic carbocycles. The van der Waals surface area contributed by atoms with Crippen LogP contribution in [-0.2, 0) is 22.7 Å². The highest BCUT2D eigenvalue weighted by Crippen LogP contribution is 2.22. The van der Waals surface area contributed by atoms with Gasteiger partial charge in [0.25, 0.3) is 0 Å². The summed E-state index contributed by atoms with van der Waals surface area (Å²) in [6, 6.07) is 0. The minimum absolute atomic E-state index is 0.195. The maximum atomic E-state index is 11.7. The van der Waals surface area contributed by atoms with Crippen molar-refractivity contribution in [2.24, 2.45) is 0 Å². The number of piperazine rings is 1. The Labute approximate surface area is 113 Å². The summed E-state index contributed by atoms with van der Waals surface area (Å²) in [5, 5.41) is 7.12. The number of nitrogens with one attached hydrogen (secondary N) is 1. The van der Waals surface area contributed by atoms with Crippen LogP contribution in [-0.4, -0.2) is 39.6 Å². The zero-order chi connectivity index (χ0) is 13.3. The highest BCUT2D eigenvalue weighted by molar-refractivity contribution is 9.10. The van der Waals surface area contributed by atoms with Gasteiger partial charge in [0.05, 0.1) is 35.5 Å². The van der Waals surface area contributed by atoms with Crippen LogP contribution in [0.3, 0.4) is 0 Å². The van der Waals surface area contributed by atoms with E-state index in [0.29, 0.717) is 6.54 Å². The lowest BCUT2D eigenvalue weighted by atomic mass is 10.3. The van der Waals surface area contributed by atoms with Crippen molar-refractivity contribution in [3.05, 3.63) is 15.9 Å². The number of hydrogen-bond donors (Lipinski definition) is 1. The summed E-state index contributed by atoms with van der Waals surface area (Å²) in [5.74, 6) is -0.390. The maximum Gasteiger partial charge on any atom is 0.243 e. The number of aryl methyl sites for hydroxylation is 2. The van der Waals surface area contributed by atoms with Gasteiger partial charge in [-0.05, 0) is 29.8 Å². The molecule has 1 saturated heterocycles. The molecule has 18 heavy (non-hydrogen) atoms. The third-order valence-electron chi connectivity index (χ3n) is 2.92. The second-order valence-electron chi connectivity index (χ2n) is 4.14. The van der Waals surface area contributed by atoms with E-state index in [9.17, 15) is 9.59 Å². The Kier molecular flexibility index (Phi) is 3.82. The molecule has 0 unspecified atom stereocenters. The van der Waals surface area contributed by atoms with Crippen LogP contribution in [0, 0.1) is 6.92 Å². The van der Waals surface area contributed by atoms with Gasteiger partial charge in [0.2, 0.25) is 11.8 Å². The van der Waals surface area contributed by atoms with Crippen molar-refractivity contribution >= 4 is 27.7 Å². The number of hydrogen-bond acceptors (Lipinski definition) is 4. The molecule has 1 aliphatic rings. The van der Waals surface area contributed by atoms with Crippen LogP contribution in [0.4, 0.5) is 0 Å². The first-order valence-electron chi connectivity index (χ1n) is 5.80. The van der Waals surface area contributed by atoms with E-state index in [0.717, 1.165) is 15.9 Å². The SMILES string of the molecule is CCn1nc(C)c(Br)c1CN1C(=O)CNCC1=O. The van der Waals surface area contributed by atoms with Crippen molar-refractivity contribution in [3.63, 3.8) is 0 Å². The van der Waals surface area contributed by atoms with Crippen molar-refractivity contribution in [1.82, 2.24) is 20.0 Å². The molecular weight excluding hydrogens is 300 g/mol. The van der Waals surface area contributed by atoms with Crippen molar-refractivity contribution in [3.8, 4) is 0 Å². The van der Waals surface area contributed by atoms with E-state index in [2.05, 4.69) is 26.3 Å². The van der Waals surface area contributed by atoms with E-state index < -0.39 is 0 Å². The number of carbonyl (C=O) groups excluding carboxylic acids is 2. The van der Waals surface area contributed by atoms with Crippen LogP contribution < -0.4 is 5.32 Å². The molecule has 1 aromatic rings. The first kappa shape index (κ1) is 13.2. The van der Waals surface area contributed by atoms with E-state index in [1.54, 1.807) is 0 Å². The molecule has 98 valence electrons. The first-order chi connectivity index (χ1) is 8.54. The fraction of sp³-hybridized carbons (Fsp3) is 0.545. The molecular formula is C11H15BrN4O2. The molecule has 2 amide bonds. The van der Waals surface area contributed by atoms with Gasteiger partial charge in [0.15, 0.2) is 0 Å². The Morgan fingerprint density at radius 3 is 2.50 bits per heavy atom. The number of imide groups is 1. The van der Waals surface area contributed by atoms with Crippen LogP contribution in [0.1, 0.15) is 18.3 Å². The summed E-state index contributed by atoms with van der Waals surface area (Å²) < 4.78 is 2.67. The standard InChI is InChI=1S/C11H15BrN4O2/c1-3-16-8(11(12)7(2)14-16)6-15-9(17)4-13-5-10(15)18/h13H,3-6H2,1-2H3. The molecule has 0 spiro atoms. The molecule has 1 N–H and O–H groups in total. The quantitative estimate of drug-likeness (QED) is 0.822. The van der Waals surface area contributed by atoms with Gasteiger partial charge in [-0.3, -0.25) is 24.5 Å². The Morgan fingerprint density at radius 1 is 1.33 bits per heavy atom. The molecule has 0 atom stereocenters. The van der Waals surface area contributed by atoms with Crippen LogP contribution in [0.15, 0.2) is 4.47 Å². The molecule has 6 nitrogen and oxygen atoms in total. The first-order valence-corrected chi connectivity index (χ1v) is 6.59. The number of rotatable bonds is 3. The second-order valence-corrected chi connectivity index (χ2v) is 4.93. The molecule has 1 aliphatic heterocycles. The van der Waals surface area contributed by atoms with E-state index >= 15 is 0 Å². The van der Waals surface area contributed by atoms with Gasteiger partial charge >= 0.3 is 0 Å². The van der Waals surface area contributed by atoms with Crippen molar-refractivity contribution in [2.75, 3.05) is 13.1 Å². The van der Waals surface area contributed by atoms with E-state index in [-0.39, 0.29) is 31.4 Å². The summed E-state index contributed by atoms with van der Waals surface area (Å²) in [7, 11) is 0. The molecule has 2 heterocycles. The lowest BCUT2D eigenvalue weighted by Gasteiger charge is -2.25. The number of nitrogens with zero attached hydrogens (tertiary/aromatic N) is 3. The van der Waals surface area contributed by atoms with E-state index in [4.69, 9.17) is 0 Å². The Balaban J connectivity index is 2.27. The van der Waals surface area contributed by atoms with Gasteiger partial charge in [-0.2, -0.15) is 5.10 Å². The molecule has 7 heteroatoms. The summed E-state index contributed by atoms with van der Waals surface area (Å²) in [6.45, 7) is 5.26. The number of carbonyl (C=O) groups is 2. The molecule has 1 fully saturated rings. The van der Waals surface area contributed by atoms with Crippen molar-refractivity contribution < 1.29 is 9.59 Å². The zero-order valence-electron chi connectivity index (χ0n) is 10.4. The predicted octanol–water partition coefficient (Wildman–Crippen LogP) is 0.432. The zero-order valence-corrected chi connectivity index (χ0v) is 12.0. The van der Waals surface area contributed by atoms with Gasteiger partial charge < -0.3 is 0 Å². The minimum Gasteiger partial charge on any atom is -0.300 e. The smallest absolute Gasteiger partial charge is 0.243 e. The fourth-order valence-corrected chi connectivity index (χ4v) is 2.36. The van der Waals surface area contributed by atoms with Crippen molar-refractivity contribution in [1.29, 1.82) is 0 Å². The lowest BCUT2D eigenvalue weighted by molar-refractivity contribution is -0.147. The van der Waals surface area contributed by atoms with Crippen LogP contribution in [0.25, 0.3) is 0 Å². The minimum atomic E-state index is -0.195. The maximum absolute atomic E-state index is 11.7. The number of halogens is 1. The third kappa shape index (κ3) is 2.32. The summed E-state index contributed by atoms with van der Waals surface area (Å²) in [6.07, 6.45) is 0. The Morgan fingerprint density at radius 2 is 1.94 bits per heavy atom. The monoisotopic (exact) mass is 314 g/mol. The third-order valence-corrected chi connectivity index (χ3v) is 3.95. The highest BCUT2D eigenvalue weighted by atomic mass is 79.9. The average Bonchev–Trinajstić information content (AvgIpc) is 2.61. The molecule has 0 radical (unpaired) electrons. The van der Waals surface area contributed by atoms with E-state index in [1.165, 1.54) is 4.90 Å². The second kappa shape index (κ2) is 5.19. The van der Waals surface area contributed by atoms with Gasteiger partial charge in [0, 0.05) is 6.54 Å². The predicted molar refractivity (Wildman–Crippen MR) is 68.8 cm³/mol. The fourth-order valence-electron chi connectivity index (χ4n) is 1.95. The Bertz CT molecular complexity index is 481. The molecule has 2 rings (SSSR count). The summed E-state index contributed by atoms with van der Waals surface area (Å²) in [5.41, 5.74) is 1.72. The molecule has 0 bridgehead atoms. The summed E-state index contributed by atoms with van der Waals surface area (Å²) >= 11 is 3.46. The van der Waals surface area contributed by atoms with Crippen LogP contribution in [0.2, 0.25) is 0 Å². The Hall–Kier alpha value is -1.21. The largest absolute Gasteiger partial charge is 0.300 e. The van der Waals surface area contributed by atoms with E-state index in [1.807, 2.05) is 18.5 Å². The normalized spacial score (nSPS) is 16.5. The van der Waals surface area contributed by atoms with Gasteiger partial charge in [0.1, 0.15) is 0 Å². The number of amides is 2. The van der Waals surface area contributed by atoms with Gasteiger partial charge in [-0.25, -0.2) is 0 Å². The molecule has 0 saturated carbocycles. The number of aromatic nitrogens is 2.